The summed E-state index contributed by atoms with van der Waals surface area (Å²) >= 11 is 3.61. The van der Waals surface area contributed by atoms with E-state index in [1.807, 2.05) is 6.07 Å². The standard InChI is InChI=1S/C16H21BrN2O.C2HF3O2/c1-10(2)6-7-16-8-9-19(3)15(16)18-14-11(17)4-5-12(20)13(14)16;3-2(4,5)1(6)7/h4-6,15,18,20H,7-9H2,1-3H3;(H,6,7)/t15-,16-;/m0./s1. The largest absolute Gasteiger partial charge is 0.508 e. The number of phenolic OH excluding ortho intramolecular Hbond substituents is 1. The zero-order valence-electron chi connectivity index (χ0n) is 15.2. The van der Waals surface area contributed by atoms with E-state index in [9.17, 15) is 18.3 Å². The average Bonchev–Trinajstić information content (AvgIpc) is 3.05. The second kappa shape index (κ2) is 7.71. The van der Waals surface area contributed by atoms with Crippen LogP contribution in [-0.4, -0.2) is 47.0 Å². The predicted octanol–water partition coefficient (Wildman–Crippen LogP) is 4.47. The van der Waals surface area contributed by atoms with Gasteiger partial charge in [0.2, 0.25) is 0 Å². The molecule has 0 unspecified atom stereocenters. The second-order valence-electron chi connectivity index (χ2n) is 7.04. The van der Waals surface area contributed by atoms with E-state index in [0.717, 1.165) is 35.1 Å². The van der Waals surface area contributed by atoms with E-state index in [-0.39, 0.29) is 11.6 Å². The number of hydrogen-bond donors (Lipinski definition) is 3. The van der Waals surface area contributed by atoms with Gasteiger partial charge >= 0.3 is 12.1 Å². The Morgan fingerprint density at radius 1 is 1.44 bits per heavy atom. The summed E-state index contributed by atoms with van der Waals surface area (Å²) in [6, 6.07) is 3.71. The highest BCUT2D eigenvalue weighted by Crippen LogP contribution is 2.55. The lowest BCUT2D eigenvalue weighted by Crippen LogP contribution is -2.41. The SMILES string of the molecule is CC(C)=CC[C@@]12CCN(C)[C@@H]1Nc1c(Br)ccc(O)c12.O=C(O)C(F)(F)F. The number of carboxylic acid groups (broad SMARTS) is 1. The number of anilines is 1. The molecule has 2 aliphatic heterocycles. The first-order valence-corrected chi connectivity index (χ1v) is 9.11. The number of likely N-dealkylation sites (tertiary alicyclic amines) is 1. The van der Waals surface area contributed by atoms with Crippen LogP contribution in [-0.2, 0) is 10.2 Å². The molecule has 1 saturated heterocycles. The number of phenols is 1. The molecule has 1 aromatic rings. The minimum atomic E-state index is -5.08. The molecule has 5 nitrogen and oxygen atoms in total. The van der Waals surface area contributed by atoms with Crippen molar-refractivity contribution in [1.82, 2.24) is 4.90 Å². The topological polar surface area (TPSA) is 72.8 Å². The van der Waals surface area contributed by atoms with Gasteiger partial charge in [-0.05, 0) is 61.8 Å². The minimum absolute atomic E-state index is 0.0186. The molecule has 0 amide bonds. The lowest BCUT2D eigenvalue weighted by Gasteiger charge is -2.30. The first kappa shape index (κ1) is 21.6. The summed E-state index contributed by atoms with van der Waals surface area (Å²) in [6.45, 7) is 5.32. The van der Waals surface area contributed by atoms with Crippen molar-refractivity contribution in [3.63, 3.8) is 0 Å². The molecule has 2 heterocycles. The molecular weight excluding hydrogens is 429 g/mol. The van der Waals surface area contributed by atoms with Gasteiger partial charge in [0.05, 0.1) is 11.9 Å². The number of carbonyl (C=O) groups is 1. The van der Waals surface area contributed by atoms with Gasteiger partial charge in [0.1, 0.15) is 5.75 Å². The lowest BCUT2D eigenvalue weighted by molar-refractivity contribution is -0.192. The third kappa shape index (κ3) is 4.24. The molecular formula is C18H22BrF3N2O3. The Morgan fingerprint density at radius 3 is 2.56 bits per heavy atom. The van der Waals surface area contributed by atoms with Crippen LogP contribution in [0, 0.1) is 0 Å². The van der Waals surface area contributed by atoms with Crippen LogP contribution in [0.2, 0.25) is 0 Å². The highest BCUT2D eigenvalue weighted by atomic mass is 79.9. The molecule has 2 aliphatic rings. The van der Waals surface area contributed by atoms with E-state index in [1.165, 1.54) is 5.57 Å². The van der Waals surface area contributed by atoms with Crippen LogP contribution < -0.4 is 5.32 Å². The van der Waals surface area contributed by atoms with Gasteiger partial charge in [-0.25, -0.2) is 4.79 Å². The van der Waals surface area contributed by atoms with Crippen LogP contribution in [0.4, 0.5) is 18.9 Å². The first-order valence-electron chi connectivity index (χ1n) is 8.32. The van der Waals surface area contributed by atoms with Crippen LogP contribution in [0.15, 0.2) is 28.3 Å². The van der Waals surface area contributed by atoms with E-state index in [0.29, 0.717) is 5.75 Å². The lowest BCUT2D eigenvalue weighted by atomic mass is 9.75. The predicted molar refractivity (Wildman–Crippen MR) is 99.9 cm³/mol. The van der Waals surface area contributed by atoms with Gasteiger partial charge in [-0.2, -0.15) is 13.2 Å². The van der Waals surface area contributed by atoms with E-state index in [2.05, 4.69) is 53.1 Å². The van der Waals surface area contributed by atoms with E-state index >= 15 is 0 Å². The zero-order chi connectivity index (χ0) is 20.6. The summed E-state index contributed by atoms with van der Waals surface area (Å²) in [4.78, 5) is 11.2. The van der Waals surface area contributed by atoms with Gasteiger partial charge in [-0.3, -0.25) is 4.90 Å². The van der Waals surface area contributed by atoms with Gasteiger partial charge < -0.3 is 15.5 Å². The Hall–Kier alpha value is -1.74. The van der Waals surface area contributed by atoms with Crippen molar-refractivity contribution < 1.29 is 28.2 Å². The molecule has 1 fully saturated rings. The number of rotatable bonds is 2. The van der Waals surface area contributed by atoms with Crippen LogP contribution in [0.3, 0.4) is 0 Å². The smallest absolute Gasteiger partial charge is 0.490 e. The maximum Gasteiger partial charge on any atom is 0.490 e. The van der Waals surface area contributed by atoms with Gasteiger partial charge in [0.15, 0.2) is 0 Å². The van der Waals surface area contributed by atoms with Crippen LogP contribution >= 0.6 is 15.9 Å². The number of nitrogens with zero attached hydrogens (tertiary/aromatic N) is 1. The Labute approximate surface area is 164 Å². The molecule has 3 rings (SSSR count). The molecule has 0 bridgehead atoms. The number of allylic oxidation sites excluding steroid dienone is 2. The van der Waals surface area contributed by atoms with Crippen molar-refractivity contribution in [2.75, 3.05) is 18.9 Å². The second-order valence-corrected chi connectivity index (χ2v) is 7.89. The number of aromatic hydroxyl groups is 1. The molecule has 3 N–H and O–H groups in total. The zero-order valence-corrected chi connectivity index (χ0v) is 16.8. The number of alkyl halides is 3. The molecule has 27 heavy (non-hydrogen) atoms. The highest BCUT2D eigenvalue weighted by molar-refractivity contribution is 9.10. The molecule has 0 saturated carbocycles. The molecule has 9 heteroatoms. The number of benzene rings is 1. The molecule has 0 spiro atoms. The Kier molecular flexibility index (Phi) is 6.16. The van der Waals surface area contributed by atoms with Gasteiger partial charge in [0, 0.05) is 22.0 Å². The molecule has 2 atom stereocenters. The quantitative estimate of drug-likeness (QED) is 0.579. The fourth-order valence-corrected chi connectivity index (χ4v) is 4.07. The monoisotopic (exact) mass is 450 g/mol. The normalized spacial score (nSPS) is 23.6. The summed E-state index contributed by atoms with van der Waals surface area (Å²) in [6.07, 6.45) is -0.489. The van der Waals surface area contributed by atoms with E-state index < -0.39 is 12.1 Å². The van der Waals surface area contributed by atoms with Crippen molar-refractivity contribution in [2.45, 2.75) is 44.4 Å². The molecule has 1 aromatic carbocycles. The Morgan fingerprint density at radius 2 is 2.04 bits per heavy atom. The molecule has 0 aliphatic carbocycles. The first-order chi connectivity index (χ1) is 12.4. The van der Waals surface area contributed by atoms with Crippen LogP contribution in [0.25, 0.3) is 0 Å². The van der Waals surface area contributed by atoms with Crippen molar-refractivity contribution in [2.24, 2.45) is 0 Å². The summed E-state index contributed by atoms with van der Waals surface area (Å²) in [7, 11) is 2.15. The number of aliphatic carboxylic acids is 1. The van der Waals surface area contributed by atoms with Crippen molar-refractivity contribution in [3.05, 3.63) is 33.8 Å². The third-order valence-corrected chi connectivity index (χ3v) is 5.56. The Balaban J connectivity index is 0.000000321. The van der Waals surface area contributed by atoms with E-state index in [1.54, 1.807) is 6.07 Å². The minimum Gasteiger partial charge on any atom is -0.508 e. The number of nitrogens with one attached hydrogen (secondary N) is 1. The van der Waals surface area contributed by atoms with Crippen molar-refractivity contribution in [3.8, 4) is 5.75 Å². The summed E-state index contributed by atoms with van der Waals surface area (Å²) < 4.78 is 32.8. The summed E-state index contributed by atoms with van der Waals surface area (Å²) in [5, 5.41) is 21.2. The summed E-state index contributed by atoms with van der Waals surface area (Å²) in [5.41, 5.74) is 3.45. The number of likely N-dealkylation sites (N-methyl/N-ethyl adjacent to an activating group) is 1. The number of fused-ring (bicyclic) bond motifs is 3. The number of carboxylic acids is 1. The number of hydrogen-bond acceptors (Lipinski definition) is 4. The van der Waals surface area contributed by atoms with Gasteiger partial charge in [0.25, 0.3) is 0 Å². The Bertz CT molecular complexity index is 763. The maximum absolute atomic E-state index is 10.6. The third-order valence-electron chi connectivity index (χ3n) is 4.90. The average molecular weight is 451 g/mol. The van der Waals surface area contributed by atoms with Crippen molar-refractivity contribution >= 4 is 27.6 Å². The van der Waals surface area contributed by atoms with Crippen LogP contribution in [0.5, 0.6) is 5.75 Å². The fourth-order valence-electron chi connectivity index (χ4n) is 3.62. The molecule has 150 valence electrons. The fraction of sp³-hybridized carbons (Fsp3) is 0.500. The highest BCUT2D eigenvalue weighted by Gasteiger charge is 2.53. The molecule has 0 radical (unpaired) electrons. The van der Waals surface area contributed by atoms with Gasteiger partial charge in [-0.15, -0.1) is 0 Å². The van der Waals surface area contributed by atoms with E-state index in [4.69, 9.17) is 9.90 Å². The maximum atomic E-state index is 10.6. The number of halogens is 4. The molecule has 0 aromatic heterocycles. The van der Waals surface area contributed by atoms with Crippen LogP contribution in [0.1, 0.15) is 32.3 Å². The summed E-state index contributed by atoms with van der Waals surface area (Å²) in [5.74, 6) is -2.34. The van der Waals surface area contributed by atoms with Gasteiger partial charge in [-0.1, -0.05) is 11.6 Å². The van der Waals surface area contributed by atoms with Crippen molar-refractivity contribution in [1.29, 1.82) is 0 Å².